The SMILES string of the molecule is CCc1nc(NCCCCCC(=O)O)c2cc(CC)sc2n1. The molecule has 22 heavy (non-hydrogen) atoms. The summed E-state index contributed by atoms with van der Waals surface area (Å²) in [4.78, 5) is 22.0. The summed E-state index contributed by atoms with van der Waals surface area (Å²) in [5.74, 6) is 1.06. The molecule has 2 aromatic rings. The van der Waals surface area contributed by atoms with Crippen LogP contribution >= 0.6 is 11.3 Å². The molecule has 2 heterocycles. The molecule has 0 aliphatic heterocycles. The monoisotopic (exact) mass is 321 g/mol. The summed E-state index contributed by atoms with van der Waals surface area (Å²) in [7, 11) is 0. The first-order valence-electron chi connectivity index (χ1n) is 7.89. The number of unbranched alkanes of at least 4 members (excludes halogenated alkanes) is 2. The number of carboxylic acid groups (broad SMARTS) is 1. The number of carbonyl (C=O) groups is 1. The zero-order valence-corrected chi connectivity index (χ0v) is 14.0. The lowest BCUT2D eigenvalue weighted by molar-refractivity contribution is -0.137. The third kappa shape index (κ3) is 4.40. The quantitative estimate of drug-likeness (QED) is 0.686. The van der Waals surface area contributed by atoms with Crippen molar-refractivity contribution in [3.63, 3.8) is 0 Å². The van der Waals surface area contributed by atoms with E-state index in [0.29, 0.717) is 0 Å². The number of hydrogen-bond acceptors (Lipinski definition) is 5. The Morgan fingerprint density at radius 1 is 1.23 bits per heavy atom. The number of nitrogens with one attached hydrogen (secondary N) is 1. The van der Waals surface area contributed by atoms with Crippen LogP contribution in [0, 0.1) is 0 Å². The maximum absolute atomic E-state index is 10.5. The van der Waals surface area contributed by atoms with E-state index < -0.39 is 5.97 Å². The Kier molecular flexibility index (Phi) is 6.12. The van der Waals surface area contributed by atoms with Gasteiger partial charge < -0.3 is 10.4 Å². The number of carboxylic acids is 1. The second-order valence-corrected chi connectivity index (χ2v) is 6.37. The van der Waals surface area contributed by atoms with Crippen LogP contribution in [0.15, 0.2) is 6.07 Å². The molecule has 0 saturated carbocycles. The molecular formula is C16H23N3O2S. The van der Waals surface area contributed by atoms with Gasteiger partial charge in [0.05, 0.1) is 5.39 Å². The molecule has 2 aromatic heterocycles. The van der Waals surface area contributed by atoms with Crippen LogP contribution in [0.3, 0.4) is 0 Å². The molecule has 0 fully saturated rings. The molecule has 0 aliphatic rings. The Balaban J connectivity index is 1.99. The molecular weight excluding hydrogens is 298 g/mol. The Morgan fingerprint density at radius 2 is 2.05 bits per heavy atom. The second kappa shape index (κ2) is 8.08. The van der Waals surface area contributed by atoms with Crippen molar-refractivity contribution in [1.29, 1.82) is 0 Å². The Bertz CT molecular complexity index is 640. The first kappa shape index (κ1) is 16.7. The summed E-state index contributed by atoms with van der Waals surface area (Å²) >= 11 is 1.74. The van der Waals surface area contributed by atoms with Crippen molar-refractivity contribution in [3.8, 4) is 0 Å². The summed E-state index contributed by atoms with van der Waals surface area (Å²) in [5, 5.41) is 13.1. The van der Waals surface area contributed by atoms with Crippen molar-refractivity contribution < 1.29 is 9.90 Å². The van der Waals surface area contributed by atoms with Gasteiger partial charge in [0.25, 0.3) is 0 Å². The summed E-state index contributed by atoms with van der Waals surface area (Å²) in [6.45, 7) is 5.02. The van der Waals surface area contributed by atoms with Crippen LogP contribution in [0.2, 0.25) is 0 Å². The molecule has 0 unspecified atom stereocenters. The summed E-state index contributed by atoms with van der Waals surface area (Å²) in [6, 6.07) is 2.17. The number of aryl methyl sites for hydroxylation is 2. The van der Waals surface area contributed by atoms with Gasteiger partial charge >= 0.3 is 5.97 Å². The number of hydrogen-bond donors (Lipinski definition) is 2. The van der Waals surface area contributed by atoms with Crippen LogP contribution < -0.4 is 5.32 Å². The molecule has 120 valence electrons. The van der Waals surface area contributed by atoms with Crippen molar-refractivity contribution in [2.75, 3.05) is 11.9 Å². The predicted molar refractivity (Wildman–Crippen MR) is 90.8 cm³/mol. The number of aliphatic carboxylic acids is 1. The fourth-order valence-corrected chi connectivity index (χ4v) is 3.25. The lowest BCUT2D eigenvalue weighted by Gasteiger charge is -2.08. The van der Waals surface area contributed by atoms with E-state index in [1.807, 2.05) is 0 Å². The van der Waals surface area contributed by atoms with Gasteiger partial charge in [-0.15, -0.1) is 11.3 Å². The predicted octanol–water partition coefficient (Wildman–Crippen LogP) is 3.87. The number of aromatic nitrogens is 2. The number of nitrogens with zero attached hydrogens (tertiary/aromatic N) is 2. The highest BCUT2D eigenvalue weighted by molar-refractivity contribution is 7.18. The van der Waals surface area contributed by atoms with Crippen molar-refractivity contribution in [2.24, 2.45) is 0 Å². The molecule has 6 heteroatoms. The first-order valence-corrected chi connectivity index (χ1v) is 8.70. The van der Waals surface area contributed by atoms with Gasteiger partial charge in [0.15, 0.2) is 0 Å². The van der Waals surface area contributed by atoms with E-state index in [-0.39, 0.29) is 6.42 Å². The highest BCUT2D eigenvalue weighted by Crippen LogP contribution is 2.29. The lowest BCUT2D eigenvalue weighted by Crippen LogP contribution is -2.06. The zero-order valence-electron chi connectivity index (χ0n) is 13.2. The van der Waals surface area contributed by atoms with Crippen LogP contribution in [0.25, 0.3) is 10.2 Å². The standard InChI is InChI=1S/C16H23N3O2S/c1-3-11-10-12-15(17-9-7-5-6-8-14(20)21)18-13(4-2)19-16(12)22-11/h10H,3-9H2,1-2H3,(H,20,21)(H,17,18,19). The molecule has 5 nitrogen and oxygen atoms in total. The minimum Gasteiger partial charge on any atom is -0.481 e. The number of thiophene rings is 1. The normalized spacial score (nSPS) is 11.0. The summed E-state index contributed by atoms with van der Waals surface area (Å²) < 4.78 is 0. The molecule has 0 radical (unpaired) electrons. The van der Waals surface area contributed by atoms with Crippen molar-refractivity contribution in [1.82, 2.24) is 9.97 Å². The van der Waals surface area contributed by atoms with Gasteiger partial charge in [0, 0.05) is 24.3 Å². The largest absolute Gasteiger partial charge is 0.481 e. The second-order valence-electron chi connectivity index (χ2n) is 5.26. The fourth-order valence-electron chi connectivity index (χ4n) is 2.27. The van der Waals surface area contributed by atoms with E-state index in [1.165, 1.54) is 4.88 Å². The highest BCUT2D eigenvalue weighted by atomic mass is 32.1. The molecule has 0 bridgehead atoms. The van der Waals surface area contributed by atoms with Gasteiger partial charge in [-0.1, -0.05) is 20.3 Å². The van der Waals surface area contributed by atoms with Gasteiger partial charge in [0.1, 0.15) is 16.5 Å². The highest BCUT2D eigenvalue weighted by Gasteiger charge is 2.10. The average Bonchev–Trinajstić information content (AvgIpc) is 2.93. The Labute approximate surface area is 134 Å². The lowest BCUT2D eigenvalue weighted by atomic mass is 10.2. The van der Waals surface area contributed by atoms with Crippen molar-refractivity contribution in [2.45, 2.75) is 52.4 Å². The molecule has 0 amide bonds. The van der Waals surface area contributed by atoms with Gasteiger partial charge in [-0.25, -0.2) is 9.97 Å². The Morgan fingerprint density at radius 3 is 2.73 bits per heavy atom. The van der Waals surface area contributed by atoms with Crippen LogP contribution in [-0.2, 0) is 17.6 Å². The minimum atomic E-state index is -0.719. The van der Waals surface area contributed by atoms with Gasteiger partial charge in [-0.05, 0) is 25.3 Å². The van der Waals surface area contributed by atoms with E-state index >= 15 is 0 Å². The molecule has 0 saturated heterocycles. The van der Waals surface area contributed by atoms with Gasteiger partial charge in [0.2, 0.25) is 0 Å². The maximum atomic E-state index is 10.5. The first-order chi connectivity index (χ1) is 10.6. The molecule has 0 atom stereocenters. The van der Waals surface area contributed by atoms with E-state index in [4.69, 9.17) is 5.11 Å². The van der Waals surface area contributed by atoms with Crippen LogP contribution in [-0.4, -0.2) is 27.6 Å². The number of fused-ring (bicyclic) bond motifs is 1. The third-order valence-electron chi connectivity index (χ3n) is 3.51. The third-order valence-corrected chi connectivity index (χ3v) is 4.69. The van der Waals surface area contributed by atoms with E-state index in [2.05, 4.69) is 35.2 Å². The number of anilines is 1. The Hall–Kier alpha value is -1.69. The molecule has 2 N–H and O–H groups in total. The van der Waals surface area contributed by atoms with Crippen LogP contribution in [0.4, 0.5) is 5.82 Å². The molecule has 2 rings (SSSR count). The van der Waals surface area contributed by atoms with Crippen molar-refractivity contribution >= 4 is 33.3 Å². The average molecular weight is 321 g/mol. The van der Waals surface area contributed by atoms with Gasteiger partial charge in [-0.3, -0.25) is 4.79 Å². The molecule has 0 aliphatic carbocycles. The van der Waals surface area contributed by atoms with E-state index in [1.54, 1.807) is 11.3 Å². The molecule has 0 aromatic carbocycles. The summed E-state index contributed by atoms with van der Waals surface area (Å²) in [5.41, 5.74) is 0. The van der Waals surface area contributed by atoms with E-state index in [0.717, 1.165) is 60.5 Å². The van der Waals surface area contributed by atoms with Crippen LogP contribution in [0.1, 0.15) is 50.2 Å². The van der Waals surface area contributed by atoms with Crippen LogP contribution in [0.5, 0.6) is 0 Å². The fraction of sp³-hybridized carbons (Fsp3) is 0.562. The zero-order chi connectivity index (χ0) is 15.9. The minimum absolute atomic E-state index is 0.252. The van der Waals surface area contributed by atoms with E-state index in [9.17, 15) is 4.79 Å². The smallest absolute Gasteiger partial charge is 0.303 e. The van der Waals surface area contributed by atoms with Crippen molar-refractivity contribution in [3.05, 3.63) is 16.8 Å². The number of rotatable bonds is 9. The molecule has 0 spiro atoms. The van der Waals surface area contributed by atoms with Gasteiger partial charge in [-0.2, -0.15) is 0 Å². The topological polar surface area (TPSA) is 75.1 Å². The maximum Gasteiger partial charge on any atom is 0.303 e. The summed E-state index contributed by atoms with van der Waals surface area (Å²) in [6.07, 6.45) is 4.68.